The molecule has 1 aromatic heterocycles. The predicted octanol–water partition coefficient (Wildman–Crippen LogP) is 3.88. The minimum atomic E-state index is -0.960. The van der Waals surface area contributed by atoms with E-state index >= 15 is 0 Å². The molecule has 2 unspecified atom stereocenters. The third-order valence-corrected chi connectivity index (χ3v) is 8.31. The molecule has 3 aliphatic heterocycles. The molecule has 0 amide bonds. The zero-order valence-electron chi connectivity index (χ0n) is 20.6. The lowest BCUT2D eigenvalue weighted by atomic mass is 9.91. The molecule has 3 N–H and O–H groups in total. The number of nitrogens with zero attached hydrogens (tertiary/aromatic N) is 5. The molecule has 0 spiro atoms. The van der Waals surface area contributed by atoms with Gasteiger partial charge < -0.3 is 25.6 Å². The van der Waals surface area contributed by atoms with E-state index in [1.54, 1.807) is 18.4 Å². The van der Waals surface area contributed by atoms with Gasteiger partial charge in [-0.3, -0.25) is 5.01 Å². The number of methoxy groups -OCH3 is 1. The number of nitrogens with one attached hydrogen (secondary N) is 1. The molecule has 8 nitrogen and oxygen atoms in total. The molecule has 3 aromatic rings. The molecule has 0 aliphatic carbocycles. The second-order valence-electron chi connectivity index (χ2n) is 9.44. The van der Waals surface area contributed by atoms with Gasteiger partial charge in [0.15, 0.2) is 5.96 Å². The van der Waals surface area contributed by atoms with Crippen molar-refractivity contribution in [3.05, 3.63) is 76.0 Å². The van der Waals surface area contributed by atoms with Gasteiger partial charge in [0.25, 0.3) is 0 Å². The van der Waals surface area contributed by atoms with Gasteiger partial charge in [-0.2, -0.15) is 5.10 Å². The van der Waals surface area contributed by atoms with Crippen LogP contribution in [-0.2, 0) is 5.66 Å². The Bertz CT molecular complexity index is 1300. The number of thiophene rings is 1. The van der Waals surface area contributed by atoms with E-state index in [2.05, 4.69) is 81.1 Å². The van der Waals surface area contributed by atoms with Crippen LogP contribution in [0.5, 0.6) is 5.75 Å². The van der Waals surface area contributed by atoms with Crippen molar-refractivity contribution in [2.75, 3.05) is 50.6 Å². The minimum Gasteiger partial charge on any atom is -0.496 e. The first-order valence-corrected chi connectivity index (χ1v) is 13.2. The number of nitrogens with two attached hydrogens (primary N) is 1. The number of rotatable bonds is 5. The van der Waals surface area contributed by atoms with E-state index in [-0.39, 0.29) is 6.04 Å². The number of hydrogen-bond donors (Lipinski definition) is 2. The van der Waals surface area contributed by atoms with Gasteiger partial charge in [0, 0.05) is 56.1 Å². The molecule has 9 heteroatoms. The summed E-state index contributed by atoms with van der Waals surface area (Å²) in [5, 5.41) is 12.4. The zero-order chi connectivity index (χ0) is 24.7. The molecular weight excluding hydrogens is 470 g/mol. The summed E-state index contributed by atoms with van der Waals surface area (Å²) in [6, 6.07) is 19.0. The molecule has 6 rings (SSSR count). The summed E-state index contributed by atoms with van der Waals surface area (Å²) >= 11 is 1.65. The monoisotopic (exact) mass is 501 g/mol. The number of fused-ring (bicyclic) bond motifs is 1. The standard InChI is InChI=1S/C27H31N7OS/c1-32-13-15-33(16-14-32)20-8-9-21(24(18-20)35-2)27(25-22(11-17-36-25)30-26(28)31-27)34-23(10-12-29-34)19-6-4-3-5-7-19/h3-9,11-12,17-18,23H,10,13-16H2,1-2H3,(H3,28,30,31). The van der Waals surface area contributed by atoms with Crippen molar-refractivity contribution >= 4 is 34.9 Å². The summed E-state index contributed by atoms with van der Waals surface area (Å²) in [5.74, 6) is 1.14. The minimum absolute atomic E-state index is 0.0119. The van der Waals surface area contributed by atoms with Gasteiger partial charge in [0.05, 0.1) is 23.7 Å². The lowest BCUT2D eigenvalue weighted by molar-refractivity contribution is 0.0966. The summed E-state index contributed by atoms with van der Waals surface area (Å²) in [6.45, 7) is 4.06. The molecule has 2 atom stereocenters. The smallest absolute Gasteiger partial charge is 0.217 e. The first-order valence-electron chi connectivity index (χ1n) is 12.3. The average molecular weight is 502 g/mol. The summed E-state index contributed by atoms with van der Waals surface area (Å²) in [6.07, 6.45) is 2.77. The highest BCUT2D eigenvalue weighted by molar-refractivity contribution is 7.10. The largest absolute Gasteiger partial charge is 0.496 e. The van der Waals surface area contributed by atoms with Crippen LogP contribution in [0.15, 0.2) is 70.1 Å². The highest BCUT2D eigenvalue weighted by atomic mass is 32.1. The van der Waals surface area contributed by atoms with Crippen molar-refractivity contribution in [1.82, 2.24) is 9.91 Å². The maximum atomic E-state index is 6.44. The molecule has 4 heterocycles. The fourth-order valence-electron chi connectivity index (χ4n) is 5.44. The van der Waals surface area contributed by atoms with Crippen LogP contribution in [0.2, 0.25) is 0 Å². The third kappa shape index (κ3) is 3.70. The second-order valence-corrected chi connectivity index (χ2v) is 10.4. The van der Waals surface area contributed by atoms with E-state index in [0.29, 0.717) is 5.96 Å². The van der Waals surface area contributed by atoms with Gasteiger partial charge >= 0.3 is 0 Å². The molecule has 186 valence electrons. The fraction of sp³-hybridized carbons (Fsp3) is 0.333. The van der Waals surface area contributed by atoms with Crippen LogP contribution in [0.3, 0.4) is 0 Å². The van der Waals surface area contributed by atoms with Crippen LogP contribution in [0.4, 0.5) is 11.4 Å². The van der Waals surface area contributed by atoms with Gasteiger partial charge in [-0.1, -0.05) is 30.3 Å². The topological polar surface area (TPSA) is 81.7 Å². The van der Waals surface area contributed by atoms with Gasteiger partial charge in [0.2, 0.25) is 5.66 Å². The SMILES string of the molecule is COc1cc(N2CCN(C)CC2)ccc1C1(N2N=CCC2c2ccccc2)N=C(N)Nc2ccsc21. The number of aliphatic imine (C=N–C) groups is 1. The highest BCUT2D eigenvalue weighted by Crippen LogP contribution is 2.53. The van der Waals surface area contributed by atoms with Crippen LogP contribution < -0.4 is 20.7 Å². The quantitative estimate of drug-likeness (QED) is 0.552. The number of piperazine rings is 1. The summed E-state index contributed by atoms with van der Waals surface area (Å²) in [7, 11) is 3.90. The molecule has 3 aliphatic rings. The Hall–Kier alpha value is -3.56. The van der Waals surface area contributed by atoms with Crippen molar-refractivity contribution in [1.29, 1.82) is 0 Å². The average Bonchev–Trinajstić information content (AvgIpc) is 3.59. The van der Waals surface area contributed by atoms with Crippen molar-refractivity contribution in [3.63, 3.8) is 0 Å². The summed E-state index contributed by atoms with van der Waals surface area (Å²) < 4.78 is 6.06. The Morgan fingerprint density at radius 2 is 1.89 bits per heavy atom. The van der Waals surface area contributed by atoms with E-state index in [1.165, 1.54) is 5.56 Å². The number of guanidine groups is 1. The molecular formula is C27H31N7OS. The van der Waals surface area contributed by atoms with Gasteiger partial charge in [0.1, 0.15) is 5.75 Å². The molecule has 2 aromatic carbocycles. The normalized spacial score (nSPS) is 23.8. The Balaban J connectivity index is 1.52. The summed E-state index contributed by atoms with van der Waals surface area (Å²) in [4.78, 5) is 10.9. The third-order valence-electron chi connectivity index (χ3n) is 7.30. The number of benzene rings is 2. The van der Waals surface area contributed by atoms with Gasteiger partial charge in [-0.25, -0.2) is 4.99 Å². The molecule has 0 bridgehead atoms. The molecule has 0 saturated carbocycles. The number of likely N-dealkylation sites (N-methyl/N-ethyl adjacent to an activating group) is 1. The van der Waals surface area contributed by atoms with Gasteiger partial charge in [-0.05, 0) is 36.2 Å². The van der Waals surface area contributed by atoms with Crippen molar-refractivity contribution in [2.24, 2.45) is 15.8 Å². The Kier molecular flexibility index (Phi) is 5.81. The Morgan fingerprint density at radius 3 is 2.67 bits per heavy atom. The van der Waals surface area contributed by atoms with Crippen LogP contribution in [0.25, 0.3) is 0 Å². The fourth-order valence-corrected chi connectivity index (χ4v) is 6.44. The first-order chi connectivity index (χ1) is 17.6. The Morgan fingerprint density at radius 1 is 1.08 bits per heavy atom. The van der Waals surface area contributed by atoms with E-state index < -0.39 is 5.66 Å². The second kappa shape index (κ2) is 9.15. The molecule has 0 radical (unpaired) electrons. The van der Waals surface area contributed by atoms with E-state index in [4.69, 9.17) is 20.6 Å². The Labute approximate surface area is 215 Å². The van der Waals surface area contributed by atoms with Crippen LogP contribution in [0, 0.1) is 0 Å². The predicted molar refractivity (Wildman–Crippen MR) is 147 cm³/mol. The molecule has 1 saturated heterocycles. The maximum Gasteiger partial charge on any atom is 0.217 e. The summed E-state index contributed by atoms with van der Waals surface area (Å²) in [5.41, 5.74) is 9.69. The highest BCUT2D eigenvalue weighted by Gasteiger charge is 2.51. The van der Waals surface area contributed by atoms with Crippen LogP contribution in [0.1, 0.15) is 28.5 Å². The van der Waals surface area contributed by atoms with E-state index in [9.17, 15) is 0 Å². The van der Waals surface area contributed by atoms with Crippen molar-refractivity contribution in [2.45, 2.75) is 18.1 Å². The number of hydrazone groups is 1. The van der Waals surface area contributed by atoms with Gasteiger partial charge in [-0.15, -0.1) is 11.3 Å². The zero-order valence-corrected chi connectivity index (χ0v) is 21.4. The first kappa shape index (κ1) is 22.9. The molecule has 36 heavy (non-hydrogen) atoms. The molecule has 1 fully saturated rings. The van der Waals surface area contributed by atoms with Crippen molar-refractivity contribution < 1.29 is 4.74 Å². The van der Waals surface area contributed by atoms with E-state index in [1.807, 2.05) is 12.3 Å². The van der Waals surface area contributed by atoms with Crippen LogP contribution in [-0.4, -0.2) is 62.4 Å². The number of anilines is 2. The lowest BCUT2D eigenvalue weighted by Crippen LogP contribution is -2.48. The van der Waals surface area contributed by atoms with E-state index in [0.717, 1.165) is 60.2 Å². The lowest BCUT2D eigenvalue weighted by Gasteiger charge is -2.44. The maximum absolute atomic E-state index is 6.44. The number of ether oxygens (including phenoxy) is 1. The number of hydrogen-bond acceptors (Lipinski definition) is 9. The van der Waals surface area contributed by atoms with Crippen molar-refractivity contribution in [3.8, 4) is 5.75 Å². The van der Waals surface area contributed by atoms with Crippen LogP contribution >= 0.6 is 11.3 Å².